The molecule has 0 unspecified atom stereocenters. The van der Waals surface area contributed by atoms with Crippen molar-refractivity contribution in [1.82, 2.24) is 0 Å². The normalized spacial score (nSPS) is 14.9. The molecule has 3 rings (SSSR count). The van der Waals surface area contributed by atoms with Crippen molar-refractivity contribution in [1.29, 1.82) is 0 Å². The summed E-state index contributed by atoms with van der Waals surface area (Å²) < 4.78 is 84.4. The molecule has 2 aromatic rings. The molecule has 2 nitrogen and oxygen atoms in total. The molecule has 1 fully saturated rings. The van der Waals surface area contributed by atoms with Gasteiger partial charge in [0.05, 0.1) is 11.3 Å². The molecule has 0 spiro atoms. The molecule has 1 saturated heterocycles. The third-order valence-corrected chi connectivity index (χ3v) is 3.91. The maximum atomic E-state index is 14.0. The molecule has 1 heterocycles. The lowest BCUT2D eigenvalue weighted by molar-refractivity contribution is -0.138. The number of ether oxygens (including phenoxy) is 1. The Kier molecular flexibility index (Phi) is 4.53. The van der Waals surface area contributed by atoms with E-state index in [-0.39, 0.29) is 17.9 Å². The van der Waals surface area contributed by atoms with E-state index in [1.165, 1.54) is 12.1 Å². The first-order chi connectivity index (χ1) is 11.8. The van der Waals surface area contributed by atoms with Gasteiger partial charge in [0.15, 0.2) is 23.1 Å². The van der Waals surface area contributed by atoms with Gasteiger partial charge in [-0.25, -0.2) is 13.2 Å². The van der Waals surface area contributed by atoms with E-state index in [2.05, 4.69) is 0 Å². The minimum absolute atomic E-state index is 0.146. The quantitative estimate of drug-likeness (QED) is 0.668. The monoisotopic (exact) mass is 361 g/mol. The second-order valence-electron chi connectivity index (χ2n) is 5.68. The molecule has 8 heteroatoms. The molecule has 1 aliphatic heterocycles. The minimum atomic E-state index is -4.89. The summed E-state index contributed by atoms with van der Waals surface area (Å²) in [6.07, 6.45) is -3.08. The molecule has 1 aliphatic rings. The number of nitrogens with zero attached hydrogens (tertiary/aromatic N) is 1. The average Bonchev–Trinajstić information content (AvgIpc) is 3.04. The Morgan fingerprint density at radius 2 is 1.48 bits per heavy atom. The van der Waals surface area contributed by atoms with Crippen LogP contribution < -0.4 is 9.64 Å². The van der Waals surface area contributed by atoms with Crippen LogP contribution in [0, 0.1) is 17.5 Å². The molecule has 134 valence electrons. The van der Waals surface area contributed by atoms with Crippen LogP contribution in [-0.4, -0.2) is 13.1 Å². The van der Waals surface area contributed by atoms with E-state index in [4.69, 9.17) is 4.74 Å². The standard InChI is InChI=1S/C17H13F6NO/c18-11-3-4-14(24-5-1-2-6-24)15(9-11)25-16-12(19)7-10(8-13(16)20)17(21,22)23/h3-4,7-9H,1-2,5-6H2. The molecule has 2 aromatic carbocycles. The van der Waals surface area contributed by atoms with Crippen molar-refractivity contribution in [2.75, 3.05) is 18.0 Å². The minimum Gasteiger partial charge on any atom is -0.449 e. The van der Waals surface area contributed by atoms with Gasteiger partial charge in [-0.2, -0.15) is 13.2 Å². The summed E-state index contributed by atoms with van der Waals surface area (Å²) in [7, 11) is 0. The first-order valence-corrected chi connectivity index (χ1v) is 7.54. The van der Waals surface area contributed by atoms with Crippen molar-refractivity contribution in [3.8, 4) is 11.5 Å². The van der Waals surface area contributed by atoms with E-state index in [9.17, 15) is 26.3 Å². The summed E-state index contributed by atoms with van der Waals surface area (Å²) in [6, 6.07) is 3.83. The molecular weight excluding hydrogens is 348 g/mol. The zero-order valence-corrected chi connectivity index (χ0v) is 12.8. The maximum absolute atomic E-state index is 14.0. The Balaban J connectivity index is 1.99. The van der Waals surface area contributed by atoms with Crippen molar-refractivity contribution in [3.63, 3.8) is 0 Å². The van der Waals surface area contributed by atoms with Crippen molar-refractivity contribution >= 4 is 5.69 Å². The summed E-state index contributed by atoms with van der Waals surface area (Å²) in [6.45, 7) is 1.33. The smallest absolute Gasteiger partial charge is 0.416 e. The molecule has 0 aromatic heterocycles. The van der Waals surface area contributed by atoms with Gasteiger partial charge in [0, 0.05) is 19.2 Å². The zero-order chi connectivity index (χ0) is 18.2. The van der Waals surface area contributed by atoms with Crippen molar-refractivity contribution < 1.29 is 31.1 Å². The molecular formula is C17H13F6NO. The predicted octanol–water partition coefficient (Wildman–Crippen LogP) is 5.52. The van der Waals surface area contributed by atoms with Gasteiger partial charge in [-0.05, 0) is 37.1 Å². The predicted molar refractivity (Wildman–Crippen MR) is 79.3 cm³/mol. The van der Waals surface area contributed by atoms with Gasteiger partial charge in [-0.1, -0.05) is 0 Å². The molecule has 25 heavy (non-hydrogen) atoms. The highest BCUT2D eigenvalue weighted by Gasteiger charge is 2.33. The fourth-order valence-electron chi connectivity index (χ4n) is 2.72. The van der Waals surface area contributed by atoms with E-state index < -0.39 is 34.9 Å². The van der Waals surface area contributed by atoms with Crippen molar-refractivity contribution in [2.45, 2.75) is 19.0 Å². The van der Waals surface area contributed by atoms with Gasteiger partial charge >= 0.3 is 6.18 Å². The fourth-order valence-corrected chi connectivity index (χ4v) is 2.72. The largest absolute Gasteiger partial charge is 0.449 e. The molecule has 0 bridgehead atoms. The average molecular weight is 361 g/mol. The topological polar surface area (TPSA) is 12.5 Å². The van der Waals surface area contributed by atoms with Gasteiger partial charge in [0.25, 0.3) is 0 Å². The number of benzene rings is 2. The Bertz CT molecular complexity index is 760. The molecule has 0 radical (unpaired) electrons. The van der Waals surface area contributed by atoms with Crippen LogP contribution in [0.3, 0.4) is 0 Å². The summed E-state index contributed by atoms with van der Waals surface area (Å²) >= 11 is 0. The Labute approximate surface area is 139 Å². The SMILES string of the molecule is Fc1ccc(N2CCCC2)c(Oc2c(F)cc(C(F)(F)F)cc2F)c1. The number of alkyl halides is 3. The first kappa shape index (κ1) is 17.4. The highest BCUT2D eigenvalue weighted by atomic mass is 19.4. The maximum Gasteiger partial charge on any atom is 0.416 e. The lowest BCUT2D eigenvalue weighted by Crippen LogP contribution is -2.18. The van der Waals surface area contributed by atoms with Crippen LogP contribution in [0.1, 0.15) is 18.4 Å². The summed E-state index contributed by atoms with van der Waals surface area (Å²) in [4.78, 5) is 1.86. The molecule has 0 N–H and O–H groups in total. The number of halogens is 6. The van der Waals surface area contributed by atoms with Crippen LogP contribution in [0.4, 0.5) is 32.0 Å². The lowest BCUT2D eigenvalue weighted by Gasteiger charge is -2.21. The molecule has 0 amide bonds. The van der Waals surface area contributed by atoms with Gasteiger partial charge in [-0.3, -0.25) is 0 Å². The molecule has 0 aliphatic carbocycles. The third-order valence-electron chi connectivity index (χ3n) is 3.91. The van der Waals surface area contributed by atoms with Gasteiger partial charge in [0.1, 0.15) is 5.82 Å². The second-order valence-corrected chi connectivity index (χ2v) is 5.68. The third kappa shape index (κ3) is 3.67. The van der Waals surface area contributed by atoms with Crippen LogP contribution >= 0.6 is 0 Å². The number of hydrogen-bond donors (Lipinski definition) is 0. The van der Waals surface area contributed by atoms with Crippen molar-refractivity contribution in [3.05, 3.63) is 53.3 Å². The Morgan fingerprint density at radius 1 is 0.880 bits per heavy atom. The zero-order valence-electron chi connectivity index (χ0n) is 12.8. The first-order valence-electron chi connectivity index (χ1n) is 7.54. The highest BCUT2D eigenvalue weighted by Crippen LogP contribution is 2.39. The second kappa shape index (κ2) is 6.50. The van der Waals surface area contributed by atoms with E-state index in [1.54, 1.807) is 0 Å². The summed E-state index contributed by atoms with van der Waals surface area (Å²) in [5, 5.41) is 0. The van der Waals surface area contributed by atoms with Crippen molar-refractivity contribution in [2.24, 2.45) is 0 Å². The Morgan fingerprint density at radius 3 is 2.04 bits per heavy atom. The van der Waals surface area contributed by atoms with Crippen LogP contribution in [-0.2, 0) is 6.18 Å². The van der Waals surface area contributed by atoms with Gasteiger partial charge in [-0.15, -0.1) is 0 Å². The van der Waals surface area contributed by atoms with Gasteiger partial charge in [0.2, 0.25) is 0 Å². The van der Waals surface area contributed by atoms with E-state index in [0.29, 0.717) is 18.8 Å². The lowest BCUT2D eigenvalue weighted by atomic mass is 10.2. The van der Waals surface area contributed by atoms with E-state index >= 15 is 0 Å². The Hall–Kier alpha value is -2.38. The summed E-state index contributed by atoms with van der Waals surface area (Å²) in [5.41, 5.74) is -1.04. The summed E-state index contributed by atoms with van der Waals surface area (Å²) in [5.74, 6) is -4.86. The van der Waals surface area contributed by atoms with Crippen LogP contribution in [0.2, 0.25) is 0 Å². The molecule has 0 atom stereocenters. The number of rotatable bonds is 3. The van der Waals surface area contributed by atoms with Gasteiger partial charge < -0.3 is 9.64 Å². The molecule has 0 saturated carbocycles. The fraction of sp³-hybridized carbons (Fsp3) is 0.294. The van der Waals surface area contributed by atoms with E-state index in [1.807, 2.05) is 4.90 Å². The highest BCUT2D eigenvalue weighted by molar-refractivity contribution is 5.60. The van der Waals surface area contributed by atoms with Crippen LogP contribution in [0.25, 0.3) is 0 Å². The number of hydrogen-bond acceptors (Lipinski definition) is 2. The number of anilines is 1. The van der Waals surface area contributed by atoms with E-state index in [0.717, 1.165) is 18.9 Å². The van der Waals surface area contributed by atoms with Crippen LogP contribution in [0.5, 0.6) is 11.5 Å². The van der Waals surface area contributed by atoms with Crippen LogP contribution in [0.15, 0.2) is 30.3 Å².